The molecule has 0 saturated carbocycles. The number of hydrogen-bond acceptors (Lipinski definition) is 2. The van der Waals surface area contributed by atoms with Crippen LogP contribution < -0.4 is 5.73 Å². The molecule has 0 atom stereocenters. The van der Waals surface area contributed by atoms with Crippen molar-refractivity contribution in [2.24, 2.45) is 0 Å². The highest BCUT2D eigenvalue weighted by Crippen LogP contribution is 2.05. The number of hydrogen-bond donors (Lipinski definition) is 1. The van der Waals surface area contributed by atoms with Crippen molar-refractivity contribution >= 4 is 27.7 Å². The molecule has 0 aromatic carbocycles. The maximum absolute atomic E-state index is 5.52. The summed E-state index contributed by atoms with van der Waals surface area (Å²) in [5, 5.41) is 0.849. The molecular formula is C8H9BrN2. The molecule has 0 saturated heterocycles. The van der Waals surface area contributed by atoms with Crippen LogP contribution in [-0.2, 0) is 0 Å². The summed E-state index contributed by atoms with van der Waals surface area (Å²) in [5.41, 5.74) is 7.25. The van der Waals surface area contributed by atoms with Crippen LogP contribution in [0.2, 0.25) is 0 Å². The molecule has 1 aromatic rings. The van der Waals surface area contributed by atoms with E-state index in [-0.39, 0.29) is 0 Å². The topological polar surface area (TPSA) is 38.9 Å². The maximum Gasteiger partial charge on any atom is 0.0506 e. The van der Waals surface area contributed by atoms with E-state index in [1.165, 1.54) is 0 Å². The number of nitrogens with two attached hydrogens (primary N) is 1. The second-order valence-electron chi connectivity index (χ2n) is 2.11. The van der Waals surface area contributed by atoms with Crippen molar-refractivity contribution in [2.75, 3.05) is 11.1 Å². The Morgan fingerprint density at radius 2 is 2.36 bits per heavy atom. The van der Waals surface area contributed by atoms with E-state index in [2.05, 4.69) is 20.9 Å². The van der Waals surface area contributed by atoms with Crippen LogP contribution in [0.1, 0.15) is 5.56 Å². The third-order valence-electron chi connectivity index (χ3n) is 1.18. The molecule has 0 aliphatic carbocycles. The Kier molecular flexibility index (Phi) is 3.11. The molecule has 0 amide bonds. The summed E-state index contributed by atoms with van der Waals surface area (Å²) in [4.78, 5) is 3.95. The largest absolute Gasteiger partial charge is 0.397 e. The first-order valence-electron chi connectivity index (χ1n) is 3.26. The Morgan fingerprint density at radius 3 is 3.00 bits per heavy atom. The predicted molar refractivity (Wildman–Crippen MR) is 51.5 cm³/mol. The summed E-state index contributed by atoms with van der Waals surface area (Å²) in [5.74, 6) is 0. The average molecular weight is 213 g/mol. The van der Waals surface area contributed by atoms with Crippen LogP contribution in [0.15, 0.2) is 24.5 Å². The number of aromatic nitrogens is 1. The van der Waals surface area contributed by atoms with Gasteiger partial charge in [0.2, 0.25) is 0 Å². The summed E-state index contributed by atoms with van der Waals surface area (Å²) in [6.07, 6.45) is 7.37. The minimum Gasteiger partial charge on any atom is -0.397 e. The van der Waals surface area contributed by atoms with Gasteiger partial charge in [0.1, 0.15) is 0 Å². The molecule has 3 heteroatoms. The van der Waals surface area contributed by atoms with Crippen molar-refractivity contribution < 1.29 is 0 Å². The van der Waals surface area contributed by atoms with Crippen LogP contribution in [0, 0.1) is 0 Å². The Balaban J connectivity index is 2.79. The molecule has 0 bridgehead atoms. The Labute approximate surface area is 74.3 Å². The molecule has 1 aromatic heterocycles. The fourth-order valence-electron chi connectivity index (χ4n) is 0.748. The van der Waals surface area contributed by atoms with Crippen LogP contribution in [0.25, 0.3) is 6.08 Å². The second-order valence-corrected chi connectivity index (χ2v) is 2.76. The highest BCUT2D eigenvalue weighted by molar-refractivity contribution is 9.09. The van der Waals surface area contributed by atoms with E-state index in [1.54, 1.807) is 12.4 Å². The number of alkyl halides is 1. The number of nitrogens with zero attached hydrogens (tertiary/aromatic N) is 1. The molecule has 1 rings (SSSR count). The molecule has 2 N–H and O–H groups in total. The SMILES string of the molecule is Nc1cncc(C=CCBr)c1. The quantitative estimate of drug-likeness (QED) is 0.763. The highest BCUT2D eigenvalue weighted by atomic mass is 79.9. The number of allylic oxidation sites excluding steroid dienone is 1. The van der Waals surface area contributed by atoms with Crippen molar-refractivity contribution in [3.8, 4) is 0 Å². The van der Waals surface area contributed by atoms with Gasteiger partial charge in [-0.15, -0.1) is 0 Å². The summed E-state index contributed by atoms with van der Waals surface area (Å²) in [6.45, 7) is 0. The van der Waals surface area contributed by atoms with Crippen molar-refractivity contribution in [3.63, 3.8) is 0 Å². The van der Waals surface area contributed by atoms with Crippen molar-refractivity contribution in [2.45, 2.75) is 0 Å². The molecule has 0 spiro atoms. The van der Waals surface area contributed by atoms with E-state index < -0.39 is 0 Å². The number of rotatable bonds is 2. The van der Waals surface area contributed by atoms with E-state index in [9.17, 15) is 0 Å². The van der Waals surface area contributed by atoms with Gasteiger partial charge in [0.05, 0.1) is 5.69 Å². The van der Waals surface area contributed by atoms with Gasteiger partial charge >= 0.3 is 0 Å². The first kappa shape index (κ1) is 8.27. The van der Waals surface area contributed by atoms with Crippen LogP contribution >= 0.6 is 15.9 Å². The monoisotopic (exact) mass is 212 g/mol. The molecule has 0 aliphatic rings. The lowest BCUT2D eigenvalue weighted by Crippen LogP contribution is -1.86. The highest BCUT2D eigenvalue weighted by Gasteiger charge is 1.86. The molecule has 1 heterocycles. The lowest BCUT2D eigenvalue weighted by Gasteiger charge is -1.93. The third-order valence-corrected chi connectivity index (χ3v) is 1.55. The van der Waals surface area contributed by atoms with Gasteiger partial charge in [-0.25, -0.2) is 0 Å². The maximum atomic E-state index is 5.52. The first-order valence-corrected chi connectivity index (χ1v) is 4.38. The average Bonchev–Trinajstić information content (AvgIpc) is 2.01. The second kappa shape index (κ2) is 4.13. The summed E-state index contributed by atoms with van der Waals surface area (Å²) in [7, 11) is 0. The molecule has 0 radical (unpaired) electrons. The molecule has 2 nitrogen and oxygen atoms in total. The number of halogens is 1. The van der Waals surface area contributed by atoms with Gasteiger partial charge in [-0.1, -0.05) is 28.1 Å². The van der Waals surface area contributed by atoms with E-state index in [0.29, 0.717) is 5.69 Å². The molecule has 0 unspecified atom stereocenters. The minimum atomic E-state index is 0.696. The fourth-order valence-corrected chi connectivity index (χ4v) is 0.935. The standard InChI is InChI=1S/C8H9BrN2/c9-3-1-2-7-4-8(10)6-11-5-7/h1-2,4-6H,3,10H2. The van der Waals surface area contributed by atoms with Gasteiger partial charge in [-0.3, -0.25) is 4.98 Å². The lowest BCUT2D eigenvalue weighted by atomic mass is 10.2. The van der Waals surface area contributed by atoms with Crippen molar-refractivity contribution in [3.05, 3.63) is 30.1 Å². The Morgan fingerprint density at radius 1 is 1.55 bits per heavy atom. The van der Waals surface area contributed by atoms with Crippen LogP contribution in [0.4, 0.5) is 5.69 Å². The molecule has 58 valence electrons. The van der Waals surface area contributed by atoms with E-state index >= 15 is 0 Å². The van der Waals surface area contributed by atoms with E-state index in [4.69, 9.17) is 5.73 Å². The summed E-state index contributed by atoms with van der Waals surface area (Å²) < 4.78 is 0. The van der Waals surface area contributed by atoms with Crippen LogP contribution in [0.3, 0.4) is 0 Å². The van der Waals surface area contributed by atoms with Crippen molar-refractivity contribution in [1.29, 1.82) is 0 Å². The third kappa shape index (κ3) is 2.72. The van der Waals surface area contributed by atoms with Gasteiger partial charge in [-0.2, -0.15) is 0 Å². The molecule has 11 heavy (non-hydrogen) atoms. The van der Waals surface area contributed by atoms with E-state index in [0.717, 1.165) is 10.9 Å². The van der Waals surface area contributed by atoms with Gasteiger partial charge in [0, 0.05) is 17.7 Å². The number of nitrogen functional groups attached to an aromatic ring is 1. The fraction of sp³-hybridized carbons (Fsp3) is 0.125. The van der Waals surface area contributed by atoms with Gasteiger partial charge in [0.25, 0.3) is 0 Å². The first-order chi connectivity index (χ1) is 5.33. The number of pyridine rings is 1. The Hall–Kier alpha value is -0.830. The lowest BCUT2D eigenvalue weighted by molar-refractivity contribution is 1.32. The Bertz CT molecular complexity index is 258. The summed E-state index contributed by atoms with van der Waals surface area (Å²) in [6, 6.07) is 1.88. The van der Waals surface area contributed by atoms with E-state index in [1.807, 2.05) is 18.2 Å². The zero-order chi connectivity index (χ0) is 8.10. The number of anilines is 1. The predicted octanol–water partition coefficient (Wildman–Crippen LogP) is 2.07. The van der Waals surface area contributed by atoms with Gasteiger partial charge in [0.15, 0.2) is 0 Å². The zero-order valence-electron chi connectivity index (χ0n) is 6.00. The van der Waals surface area contributed by atoms with Gasteiger partial charge in [-0.05, 0) is 11.6 Å². The van der Waals surface area contributed by atoms with Crippen LogP contribution in [-0.4, -0.2) is 10.3 Å². The molecular weight excluding hydrogens is 204 g/mol. The van der Waals surface area contributed by atoms with Crippen molar-refractivity contribution in [1.82, 2.24) is 4.98 Å². The van der Waals surface area contributed by atoms with Crippen LogP contribution in [0.5, 0.6) is 0 Å². The molecule has 0 fully saturated rings. The summed E-state index contributed by atoms with van der Waals surface area (Å²) >= 11 is 3.29. The molecule has 0 aliphatic heterocycles. The van der Waals surface area contributed by atoms with Gasteiger partial charge < -0.3 is 5.73 Å². The normalized spacial score (nSPS) is 10.6. The minimum absolute atomic E-state index is 0.696. The zero-order valence-corrected chi connectivity index (χ0v) is 7.58. The smallest absolute Gasteiger partial charge is 0.0506 e.